The maximum atomic E-state index is 6.11. The molecule has 1 aromatic carbocycles. The highest BCUT2D eigenvalue weighted by Gasteiger charge is 2.36. The lowest BCUT2D eigenvalue weighted by Crippen LogP contribution is -2.53. The number of nitrogens with zero attached hydrogens (tertiary/aromatic N) is 2. The van der Waals surface area contributed by atoms with Crippen molar-refractivity contribution in [3.8, 4) is 0 Å². The fraction of sp³-hybridized carbons (Fsp3) is 0.647. The maximum absolute atomic E-state index is 6.11. The van der Waals surface area contributed by atoms with Crippen LogP contribution in [0.2, 0.25) is 0 Å². The average Bonchev–Trinajstić information content (AvgIpc) is 2.50. The van der Waals surface area contributed by atoms with Gasteiger partial charge in [-0.1, -0.05) is 28.1 Å². The Labute approximate surface area is 136 Å². The van der Waals surface area contributed by atoms with Crippen LogP contribution in [0.15, 0.2) is 28.7 Å². The van der Waals surface area contributed by atoms with Crippen LogP contribution < -0.4 is 5.73 Å². The van der Waals surface area contributed by atoms with Crippen molar-refractivity contribution in [2.45, 2.75) is 31.3 Å². The van der Waals surface area contributed by atoms with Crippen LogP contribution in [0.1, 0.15) is 30.9 Å². The van der Waals surface area contributed by atoms with Crippen LogP contribution in [0.4, 0.5) is 0 Å². The van der Waals surface area contributed by atoms with Crippen LogP contribution in [0.3, 0.4) is 0 Å². The van der Waals surface area contributed by atoms with Gasteiger partial charge in [-0.15, -0.1) is 0 Å². The van der Waals surface area contributed by atoms with Crippen molar-refractivity contribution in [2.24, 2.45) is 11.7 Å². The van der Waals surface area contributed by atoms with E-state index in [-0.39, 0.29) is 0 Å². The van der Waals surface area contributed by atoms with E-state index in [9.17, 15) is 0 Å². The second-order valence-electron chi connectivity index (χ2n) is 6.54. The van der Waals surface area contributed by atoms with Crippen molar-refractivity contribution >= 4 is 15.9 Å². The molecule has 3 rings (SSSR count). The standard InChI is InChI=1S/C17H26BrN3/c1-20-9-2-3-14-12-21(10-8-16(14)20)17(11-19)13-4-6-15(18)7-5-13/h4-7,14,16-17H,2-3,8-12,19H2,1H3. The third-order valence-corrected chi connectivity index (χ3v) is 5.82. The first-order valence-corrected chi connectivity index (χ1v) is 8.88. The number of rotatable bonds is 3. The molecule has 3 unspecified atom stereocenters. The molecule has 2 N–H and O–H groups in total. The molecule has 0 bridgehead atoms. The zero-order valence-corrected chi connectivity index (χ0v) is 14.4. The lowest BCUT2D eigenvalue weighted by Gasteiger charge is -2.48. The van der Waals surface area contributed by atoms with E-state index in [2.05, 4.69) is 57.0 Å². The molecule has 1 aromatic rings. The first-order chi connectivity index (χ1) is 10.2. The summed E-state index contributed by atoms with van der Waals surface area (Å²) in [4.78, 5) is 5.19. The van der Waals surface area contributed by atoms with Gasteiger partial charge in [0.15, 0.2) is 0 Å². The Morgan fingerprint density at radius 1 is 1.24 bits per heavy atom. The summed E-state index contributed by atoms with van der Waals surface area (Å²) in [5, 5.41) is 0. The molecule has 0 spiro atoms. The van der Waals surface area contributed by atoms with Crippen molar-refractivity contribution in [2.75, 3.05) is 33.2 Å². The van der Waals surface area contributed by atoms with Gasteiger partial charge in [0, 0.05) is 36.2 Å². The maximum Gasteiger partial charge on any atom is 0.0470 e. The molecule has 0 radical (unpaired) electrons. The van der Waals surface area contributed by atoms with Gasteiger partial charge in [-0.2, -0.15) is 0 Å². The van der Waals surface area contributed by atoms with Crippen molar-refractivity contribution in [1.82, 2.24) is 9.80 Å². The Morgan fingerprint density at radius 3 is 2.71 bits per heavy atom. The van der Waals surface area contributed by atoms with E-state index in [1.54, 1.807) is 0 Å². The largest absolute Gasteiger partial charge is 0.329 e. The van der Waals surface area contributed by atoms with Crippen LogP contribution in [-0.4, -0.2) is 49.1 Å². The van der Waals surface area contributed by atoms with Crippen molar-refractivity contribution in [1.29, 1.82) is 0 Å². The summed E-state index contributed by atoms with van der Waals surface area (Å²) >= 11 is 3.51. The summed E-state index contributed by atoms with van der Waals surface area (Å²) in [6.45, 7) is 4.35. The Hall–Kier alpha value is -0.420. The molecule has 2 aliphatic heterocycles. The molecule has 2 saturated heterocycles. The molecule has 2 aliphatic rings. The van der Waals surface area contributed by atoms with Gasteiger partial charge in [0.25, 0.3) is 0 Å². The zero-order chi connectivity index (χ0) is 14.8. The summed E-state index contributed by atoms with van der Waals surface area (Å²) in [7, 11) is 2.29. The summed E-state index contributed by atoms with van der Waals surface area (Å²) in [5.41, 5.74) is 7.46. The van der Waals surface area contributed by atoms with Crippen molar-refractivity contribution in [3.05, 3.63) is 34.3 Å². The van der Waals surface area contributed by atoms with E-state index in [0.29, 0.717) is 12.6 Å². The molecule has 116 valence electrons. The third kappa shape index (κ3) is 3.34. The van der Waals surface area contributed by atoms with Gasteiger partial charge in [0.1, 0.15) is 0 Å². The molecule has 0 aliphatic carbocycles. The van der Waals surface area contributed by atoms with Gasteiger partial charge < -0.3 is 10.6 Å². The minimum atomic E-state index is 0.367. The van der Waals surface area contributed by atoms with E-state index < -0.39 is 0 Å². The number of halogens is 1. The van der Waals surface area contributed by atoms with Crippen LogP contribution in [0.5, 0.6) is 0 Å². The van der Waals surface area contributed by atoms with Crippen LogP contribution in [0, 0.1) is 5.92 Å². The summed E-state index contributed by atoms with van der Waals surface area (Å²) in [6.07, 6.45) is 4.01. The second kappa shape index (κ2) is 6.78. The van der Waals surface area contributed by atoms with Crippen molar-refractivity contribution in [3.63, 3.8) is 0 Å². The minimum Gasteiger partial charge on any atom is -0.329 e. The van der Waals surface area contributed by atoms with E-state index in [1.807, 2.05) is 0 Å². The quantitative estimate of drug-likeness (QED) is 0.908. The highest BCUT2D eigenvalue weighted by molar-refractivity contribution is 9.10. The highest BCUT2D eigenvalue weighted by atomic mass is 79.9. The number of likely N-dealkylation sites (tertiary alicyclic amines) is 2. The topological polar surface area (TPSA) is 32.5 Å². The van der Waals surface area contributed by atoms with Gasteiger partial charge in [-0.05, 0) is 56.5 Å². The normalized spacial score (nSPS) is 29.1. The molecule has 4 heteroatoms. The number of nitrogens with two attached hydrogens (primary N) is 1. The van der Waals surface area contributed by atoms with E-state index in [1.165, 1.54) is 44.5 Å². The lowest BCUT2D eigenvalue weighted by molar-refractivity contribution is 0.0211. The molecule has 3 atom stereocenters. The number of hydrogen-bond acceptors (Lipinski definition) is 3. The fourth-order valence-corrected chi connectivity index (χ4v) is 4.41. The first kappa shape index (κ1) is 15.5. The van der Waals surface area contributed by atoms with E-state index in [4.69, 9.17) is 5.73 Å². The van der Waals surface area contributed by atoms with Crippen LogP contribution >= 0.6 is 15.9 Å². The summed E-state index contributed by atoms with van der Waals surface area (Å²) in [6, 6.07) is 9.82. The number of hydrogen-bond donors (Lipinski definition) is 1. The second-order valence-corrected chi connectivity index (χ2v) is 7.45. The van der Waals surface area contributed by atoms with E-state index >= 15 is 0 Å². The number of benzene rings is 1. The van der Waals surface area contributed by atoms with Gasteiger partial charge in [-0.25, -0.2) is 0 Å². The molecule has 2 heterocycles. The van der Waals surface area contributed by atoms with Crippen molar-refractivity contribution < 1.29 is 0 Å². The fourth-order valence-electron chi connectivity index (χ4n) is 4.14. The first-order valence-electron chi connectivity index (χ1n) is 8.09. The predicted octanol–water partition coefficient (Wildman–Crippen LogP) is 2.87. The molecule has 0 amide bonds. The van der Waals surface area contributed by atoms with E-state index in [0.717, 1.165) is 16.4 Å². The molecule has 3 nitrogen and oxygen atoms in total. The van der Waals surface area contributed by atoms with Crippen LogP contribution in [0.25, 0.3) is 0 Å². The molecule has 21 heavy (non-hydrogen) atoms. The molecule has 0 aromatic heterocycles. The third-order valence-electron chi connectivity index (χ3n) is 5.30. The number of fused-ring (bicyclic) bond motifs is 1. The minimum absolute atomic E-state index is 0.367. The van der Waals surface area contributed by atoms with Gasteiger partial charge in [-0.3, -0.25) is 4.90 Å². The van der Waals surface area contributed by atoms with Gasteiger partial charge in [0.05, 0.1) is 0 Å². The Bertz CT molecular complexity index is 462. The SMILES string of the molecule is CN1CCCC2CN(C(CN)c3ccc(Br)cc3)CCC21. The Balaban J connectivity index is 1.72. The summed E-state index contributed by atoms with van der Waals surface area (Å²) in [5.74, 6) is 0.821. The monoisotopic (exact) mass is 351 g/mol. The zero-order valence-electron chi connectivity index (χ0n) is 12.8. The van der Waals surface area contributed by atoms with Gasteiger partial charge >= 0.3 is 0 Å². The Morgan fingerprint density at radius 2 is 2.00 bits per heavy atom. The van der Waals surface area contributed by atoms with Gasteiger partial charge in [0.2, 0.25) is 0 Å². The smallest absolute Gasteiger partial charge is 0.0470 e. The average molecular weight is 352 g/mol. The molecular weight excluding hydrogens is 326 g/mol. The summed E-state index contributed by atoms with van der Waals surface area (Å²) < 4.78 is 1.13. The molecule has 2 fully saturated rings. The lowest BCUT2D eigenvalue weighted by atomic mass is 9.83. The van der Waals surface area contributed by atoms with Crippen LogP contribution in [-0.2, 0) is 0 Å². The highest BCUT2D eigenvalue weighted by Crippen LogP contribution is 2.33. The molecule has 0 saturated carbocycles. The number of piperidine rings is 2. The predicted molar refractivity (Wildman–Crippen MR) is 91.3 cm³/mol. The molecular formula is C17H26BrN3. The Kier molecular flexibility index (Phi) is 4.99.